The van der Waals surface area contributed by atoms with Gasteiger partial charge in [0.05, 0.1) is 0 Å². The van der Waals surface area contributed by atoms with Gasteiger partial charge in [0, 0.05) is 17.8 Å². The molecule has 2 aliphatic carbocycles. The van der Waals surface area contributed by atoms with Crippen LogP contribution in [-0.4, -0.2) is 33.1 Å². The van der Waals surface area contributed by atoms with Crippen LogP contribution in [0.4, 0.5) is 0 Å². The van der Waals surface area contributed by atoms with Gasteiger partial charge in [0.2, 0.25) is 0 Å². The van der Waals surface area contributed by atoms with Crippen molar-refractivity contribution in [3.8, 4) is 0 Å². The highest BCUT2D eigenvalue weighted by molar-refractivity contribution is 7.99. The molecule has 0 spiro atoms. The van der Waals surface area contributed by atoms with Gasteiger partial charge in [-0.25, -0.2) is 9.89 Å². The van der Waals surface area contributed by atoms with Crippen LogP contribution >= 0.6 is 11.8 Å². The lowest BCUT2D eigenvalue weighted by molar-refractivity contribution is 0.387. The molecule has 1 atom stereocenters. The Kier molecular flexibility index (Phi) is 5.06. The predicted octanol–water partition coefficient (Wildman–Crippen LogP) is 2.56. The van der Waals surface area contributed by atoms with Crippen LogP contribution in [0.15, 0.2) is 9.95 Å². The van der Waals surface area contributed by atoms with Gasteiger partial charge in [0.1, 0.15) is 0 Å². The van der Waals surface area contributed by atoms with Crippen molar-refractivity contribution in [2.75, 3.05) is 12.3 Å². The van der Waals surface area contributed by atoms with Crippen LogP contribution in [0.25, 0.3) is 0 Å². The zero-order chi connectivity index (χ0) is 14.7. The molecule has 2 aliphatic rings. The normalized spacial score (nSPS) is 21.0. The quantitative estimate of drug-likeness (QED) is 0.724. The number of nitrogens with one attached hydrogen (secondary N) is 2. The molecule has 0 saturated heterocycles. The maximum Gasteiger partial charge on any atom is 0.344 e. The topological polar surface area (TPSA) is 62.7 Å². The van der Waals surface area contributed by atoms with Crippen molar-refractivity contribution in [1.82, 2.24) is 20.1 Å². The van der Waals surface area contributed by atoms with Crippen molar-refractivity contribution in [3.63, 3.8) is 0 Å². The predicted molar refractivity (Wildman–Crippen MR) is 85.9 cm³/mol. The number of nitrogens with zero attached hydrogens (tertiary/aromatic N) is 2. The van der Waals surface area contributed by atoms with Crippen LogP contribution in [0.3, 0.4) is 0 Å². The van der Waals surface area contributed by atoms with Gasteiger partial charge in [-0.3, -0.25) is 4.57 Å². The van der Waals surface area contributed by atoms with Crippen LogP contribution in [0.5, 0.6) is 0 Å². The minimum absolute atomic E-state index is 0.0427. The minimum atomic E-state index is -0.0427. The Bertz CT molecular complexity index is 502. The van der Waals surface area contributed by atoms with E-state index in [-0.39, 0.29) is 5.69 Å². The smallest absolute Gasteiger partial charge is 0.313 e. The standard InChI is InChI=1S/C15H26N4OS/c1-2-9-16-13(11-5-3-4-6-11)10-21-15-18-17-14(20)19(15)12-7-8-12/h11-13,16H,2-10H2,1H3,(H,17,20). The summed E-state index contributed by atoms with van der Waals surface area (Å²) in [5.41, 5.74) is -0.0427. The first-order valence-electron chi connectivity index (χ1n) is 8.32. The fourth-order valence-electron chi connectivity index (χ4n) is 3.26. The average molecular weight is 310 g/mol. The number of thioether (sulfide) groups is 1. The average Bonchev–Trinajstić information content (AvgIpc) is 3.03. The van der Waals surface area contributed by atoms with Crippen molar-refractivity contribution in [2.45, 2.75) is 69.1 Å². The third kappa shape index (κ3) is 3.72. The molecule has 0 bridgehead atoms. The zero-order valence-corrected chi connectivity index (χ0v) is 13.6. The summed E-state index contributed by atoms with van der Waals surface area (Å²) in [5.74, 6) is 1.81. The number of hydrogen-bond donors (Lipinski definition) is 2. The van der Waals surface area contributed by atoms with E-state index >= 15 is 0 Å². The van der Waals surface area contributed by atoms with Crippen LogP contribution in [0, 0.1) is 5.92 Å². The molecule has 0 aromatic carbocycles. The largest absolute Gasteiger partial charge is 0.344 e. The third-order valence-corrected chi connectivity index (χ3v) is 5.67. The number of hydrogen-bond acceptors (Lipinski definition) is 4. The van der Waals surface area contributed by atoms with E-state index in [1.54, 1.807) is 11.8 Å². The van der Waals surface area contributed by atoms with E-state index in [0.717, 1.165) is 36.2 Å². The fraction of sp³-hybridized carbons (Fsp3) is 0.867. The number of rotatable bonds is 8. The molecule has 21 heavy (non-hydrogen) atoms. The Labute approximate surface area is 130 Å². The zero-order valence-electron chi connectivity index (χ0n) is 12.8. The van der Waals surface area contributed by atoms with Gasteiger partial charge in [0.15, 0.2) is 5.16 Å². The first kappa shape index (κ1) is 15.2. The van der Waals surface area contributed by atoms with Gasteiger partial charge in [-0.05, 0) is 44.6 Å². The molecule has 0 aliphatic heterocycles. The van der Waals surface area contributed by atoms with Crippen LogP contribution in [-0.2, 0) is 0 Å². The van der Waals surface area contributed by atoms with Gasteiger partial charge in [0.25, 0.3) is 0 Å². The van der Waals surface area contributed by atoms with E-state index in [2.05, 4.69) is 22.4 Å². The summed E-state index contributed by atoms with van der Waals surface area (Å²) in [6, 6.07) is 0.948. The maximum atomic E-state index is 11.8. The first-order valence-corrected chi connectivity index (χ1v) is 9.31. The lowest BCUT2D eigenvalue weighted by Crippen LogP contribution is -2.38. The molecule has 3 rings (SSSR count). The third-order valence-electron chi connectivity index (χ3n) is 4.60. The Morgan fingerprint density at radius 1 is 1.38 bits per heavy atom. The highest BCUT2D eigenvalue weighted by Gasteiger charge is 2.30. The monoisotopic (exact) mass is 310 g/mol. The van der Waals surface area contributed by atoms with E-state index < -0.39 is 0 Å². The Morgan fingerprint density at radius 3 is 2.81 bits per heavy atom. The van der Waals surface area contributed by atoms with E-state index in [4.69, 9.17) is 0 Å². The van der Waals surface area contributed by atoms with Gasteiger partial charge in [-0.15, -0.1) is 5.10 Å². The number of aromatic nitrogens is 3. The highest BCUT2D eigenvalue weighted by Crippen LogP contribution is 2.37. The van der Waals surface area contributed by atoms with E-state index in [9.17, 15) is 4.79 Å². The molecule has 0 amide bonds. The second kappa shape index (κ2) is 7.01. The van der Waals surface area contributed by atoms with Gasteiger partial charge < -0.3 is 5.32 Å². The summed E-state index contributed by atoms with van der Waals surface area (Å²) in [7, 11) is 0. The highest BCUT2D eigenvalue weighted by atomic mass is 32.2. The van der Waals surface area contributed by atoms with Gasteiger partial charge in [-0.1, -0.05) is 31.5 Å². The lowest BCUT2D eigenvalue weighted by Gasteiger charge is -2.24. The molecule has 2 N–H and O–H groups in total. The van der Waals surface area contributed by atoms with Crippen molar-refractivity contribution < 1.29 is 0 Å². The molecular weight excluding hydrogens is 284 g/mol. The summed E-state index contributed by atoms with van der Waals surface area (Å²) in [5, 5.41) is 11.4. The van der Waals surface area contributed by atoms with E-state index in [1.165, 1.54) is 32.1 Å². The van der Waals surface area contributed by atoms with Crippen molar-refractivity contribution in [2.24, 2.45) is 5.92 Å². The second-order valence-electron chi connectivity index (χ2n) is 6.33. The molecule has 6 heteroatoms. The summed E-state index contributed by atoms with van der Waals surface area (Å²) in [6.45, 7) is 3.29. The van der Waals surface area contributed by atoms with Gasteiger partial charge >= 0.3 is 5.69 Å². The Balaban J connectivity index is 1.61. The summed E-state index contributed by atoms with van der Waals surface area (Å²) in [4.78, 5) is 11.8. The molecule has 1 aromatic rings. The van der Waals surface area contributed by atoms with Crippen LogP contribution in [0.2, 0.25) is 0 Å². The second-order valence-corrected chi connectivity index (χ2v) is 7.32. The molecule has 1 aromatic heterocycles. The summed E-state index contributed by atoms with van der Waals surface area (Å²) >= 11 is 1.74. The van der Waals surface area contributed by atoms with Crippen molar-refractivity contribution in [1.29, 1.82) is 0 Å². The molecule has 2 saturated carbocycles. The Hall–Kier alpha value is -0.750. The molecule has 1 unspecified atom stereocenters. The number of H-pyrrole nitrogens is 1. The summed E-state index contributed by atoms with van der Waals surface area (Å²) in [6.07, 6.45) is 8.84. The minimum Gasteiger partial charge on any atom is -0.313 e. The number of aromatic amines is 1. The molecular formula is C15H26N4OS. The van der Waals surface area contributed by atoms with Crippen molar-refractivity contribution >= 4 is 11.8 Å². The molecule has 2 fully saturated rings. The summed E-state index contributed by atoms with van der Waals surface area (Å²) < 4.78 is 1.86. The van der Waals surface area contributed by atoms with Crippen LogP contribution in [0.1, 0.15) is 57.9 Å². The van der Waals surface area contributed by atoms with Crippen molar-refractivity contribution in [3.05, 3.63) is 10.5 Å². The van der Waals surface area contributed by atoms with E-state index in [0.29, 0.717) is 12.1 Å². The Morgan fingerprint density at radius 2 is 2.14 bits per heavy atom. The van der Waals surface area contributed by atoms with Gasteiger partial charge in [-0.2, -0.15) is 0 Å². The SMILES string of the molecule is CCCNC(CSc1n[nH]c(=O)n1C1CC1)C1CCCC1. The molecule has 0 radical (unpaired) electrons. The van der Waals surface area contributed by atoms with Crippen LogP contribution < -0.4 is 11.0 Å². The molecule has 5 nitrogen and oxygen atoms in total. The first-order chi connectivity index (χ1) is 10.3. The molecule has 1 heterocycles. The maximum absolute atomic E-state index is 11.8. The fourth-order valence-corrected chi connectivity index (χ4v) is 4.46. The molecule has 118 valence electrons. The lowest BCUT2D eigenvalue weighted by atomic mass is 10.00. The van der Waals surface area contributed by atoms with E-state index in [1.807, 2.05) is 4.57 Å².